The Kier molecular flexibility index (Phi) is 4.81. The molecular formula is C23H23N3O2. The number of ether oxygens (including phenoxy) is 1. The molecule has 4 rings (SSSR count). The Morgan fingerprint density at radius 1 is 1.18 bits per heavy atom. The van der Waals surface area contributed by atoms with Gasteiger partial charge < -0.3 is 19.5 Å². The molecule has 28 heavy (non-hydrogen) atoms. The number of hydrogen-bond acceptors (Lipinski definition) is 4. The van der Waals surface area contributed by atoms with Crippen LogP contribution in [0.15, 0.2) is 47.6 Å². The van der Waals surface area contributed by atoms with Gasteiger partial charge in [0.2, 0.25) is 0 Å². The molecule has 3 aromatic rings. The SMILES string of the molecule is C#CC(C)ON=C1c2ccccc2-c2[nH]c3ccc(OCCN(C)C)cc3c21. The predicted octanol–water partition coefficient (Wildman–Crippen LogP) is 3.88. The van der Waals surface area contributed by atoms with E-state index in [1.165, 1.54) is 0 Å². The number of aromatic amines is 1. The number of H-pyrrole nitrogens is 1. The Morgan fingerprint density at radius 3 is 2.71 bits per heavy atom. The molecule has 1 aromatic heterocycles. The number of aromatic nitrogens is 1. The van der Waals surface area contributed by atoms with Gasteiger partial charge in [-0.25, -0.2) is 0 Å². The molecule has 0 radical (unpaired) electrons. The fraction of sp³-hybridized carbons (Fsp3) is 0.261. The zero-order valence-corrected chi connectivity index (χ0v) is 16.3. The van der Waals surface area contributed by atoms with Crippen molar-refractivity contribution in [2.75, 3.05) is 27.2 Å². The molecule has 1 heterocycles. The molecule has 0 amide bonds. The van der Waals surface area contributed by atoms with Gasteiger partial charge in [-0.05, 0) is 39.2 Å². The van der Waals surface area contributed by atoms with Crippen molar-refractivity contribution in [2.45, 2.75) is 13.0 Å². The van der Waals surface area contributed by atoms with Gasteiger partial charge in [-0.2, -0.15) is 0 Å². The summed E-state index contributed by atoms with van der Waals surface area (Å²) in [6.07, 6.45) is 5.04. The van der Waals surface area contributed by atoms with Crippen molar-refractivity contribution >= 4 is 16.6 Å². The summed E-state index contributed by atoms with van der Waals surface area (Å²) in [4.78, 5) is 11.1. The zero-order chi connectivity index (χ0) is 19.7. The third kappa shape index (κ3) is 3.23. The van der Waals surface area contributed by atoms with Crippen LogP contribution in [0.25, 0.3) is 22.2 Å². The number of likely N-dealkylation sites (N-methyl/N-ethyl adjacent to an activating group) is 1. The smallest absolute Gasteiger partial charge is 0.184 e. The number of fused-ring (bicyclic) bond motifs is 5. The number of benzene rings is 2. The molecular weight excluding hydrogens is 350 g/mol. The van der Waals surface area contributed by atoms with Crippen LogP contribution in [0.3, 0.4) is 0 Å². The molecule has 0 aliphatic heterocycles. The van der Waals surface area contributed by atoms with Gasteiger partial charge in [0.25, 0.3) is 0 Å². The van der Waals surface area contributed by atoms with Gasteiger partial charge in [-0.3, -0.25) is 0 Å². The summed E-state index contributed by atoms with van der Waals surface area (Å²) in [6, 6.07) is 14.3. The van der Waals surface area contributed by atoms with Crippen LogP contribution in [-0.4, -0.2) is 48.9 Å². The summed E-state index contributed by atoms with van der Waals surface area (Å²) in [5.41, 5.74) is 6.06. The zero-order valence-electron chi connectivity index (χ0n) is 16.3. The van der Waals surface area contributed by atoms with Crippen LogP contribution >= 0.6 is 0 Å². The molecule has 1 atom stereocenters. The van der Waals surface area contributed by atoms with E-state index >= 15 is 0 Å². The minimum atomic E-state index is -0.390. The number of nitrogens with zero attached hydrogens (tertiary/aromatic N) is 2. The fourth-order valence-electron chi connectivity index (χ4n) is 3.35. The van der Waals surface area contributed by atoms with Gasteiger partial charge in [0.05, 0.1) is 5.69 Å². The Balaban J connectivity index is 1.78. The number of rotatable bonds is 6. The summed E-state index contributed by atoms with van der Waals surface area (Å²) >= 11 is 0. The van der Waals surface area contributed by atoms with Crippen LogP contribution in [0, 0.1) is 12.3 Å². The standard InChI is InChI=1S/C23H23N3O2/c1-5-15(2)28-25-23-18-9-7-6-8-17(18)22-21(23)19-14-16(10-11-20(19)24-22)27-13-12-26(3)4/h1,6-11,14-15,24H,12-13H2,2-4H3. The van der Waals surface area contributed by atoms with Crippen LogP contribution in [0.1, 0.15) is 18.1 Å². The second-order valence-electron chi connectivity index (χ2n) is 7.13. The van der Waals surface area contributed by atoms with Gasteiger partial charge in [0.15, 0.2) is 6.10 Å². The van der Waals surface area contributed by atoms with Gasteiger partial charge in [-0.1, -0.05) is 35.3 Å². The van der Waals surface area contributed by atoms with Crippen LogP contribution < -0.4 is 4.74 Å². The minimum Gasteiger partial charge on any atom is -0.492 e. The number of terminal acetylenes is 1. The van der Waals surface area contributed by atoms with Crippen LogP contribution in [0.2, 0.25) is 0 Å². The summed E-state index contributed by atoms with van der Waals surface area (Å²) in [5.74, 6) is 3.39. The first kappa shape index (κ1) is 18.1. The summed E-state index contributed by atoms with van der Waals surface area (Å²) < 4.78 is 5.93. The average Bonchev–Trinajstić information content (AvgIpc) is 3.20. The molecule has 5 nitrogen and oxygen atoms in total. The average molecular weight is 373 g/mol. The third-order valence-electron chi connectivity index (χ3n) is 4.80. The molecule has 1 aliphatic carbocycles. The number of oxime groups is 1. The molecule has 142 valence electrons. The molecule has 5 heteroatoms. The van der Waals surface area contributed by atoms with E-state index < -0.39 is 0 Å². The minimum absolute atomic E-state index is 0.390. The molecule has 0 spiro atoms. The largest absolute Gasteiger partial charge is 0.492 e. The van der Waals surface area contributed by atoms with Crippen molar-refractivity contribution < 1.29 is 9.57 Å². The van der Waals surface area contributed by atoms with Gasteiger partial charge in [0, 0.05) is 34.1 Å². The van der Waals surface area contributed by atoms with E-state index in [0.29, 0.717) is 6.61 Å². The van der Waals surface area contributed by atoms with Crippen molar-refractivity contribution in [1.82, 2.24) is 9.88 Å². The van der Waals surface area contributed by atoms with E-state index in [-0.39, 0.29) is 6.10 Å². The molecule has 1 unspecified atom stereocenters. The highest BCUT2D eigenvalue weighted by Gasteiger charge is 2.30. The first-order chi connectivity index (χ1) is 13.6. The van der Waals surface area contributed by atoms with E-state index in [1.807, 2.05) is 38.4 Å². The van der Waals surface area contributed by atoms with Crippen molar-refractivity contribution in [1.29, 1.82) is 0 Å². The van der Waals surface area contributed by atoms with Crippen LogP contribution in [0.4, 0.5) is 0 Å². The van der Waals surface area contributed by atoms with Gasteiger partial charge in [-0.15, -0.1) is 6.42 Å². The third-order valence-corrected chi connectivity index (χ3v) is 4.80. The fourth-order valence-corrected chi connectivity index (χ4v) is 3.35. The lowest BCUT2D eigenvalue weighted by Crippen LogP contribution is -2.19. The van der Waals surface area contributed by atoms with Gasteiger partial charge >= 0.3 is 0 Å². The number of hydrogen-bond donors (Lipinski definition) is 1. The van der Waals surface area contributed by atoms with Crippen molar-refractivity contribution in [3.05, 3.63) is 53.6 Å². The van der Waals surface area contributed by atoms with Gasteiger partial charge in [0.1, 0.15) is 18.1 Å². The predicted molar refractivity (Wildman–Crippen MR) is 113 cm³/mol. The first-order valence-corrected chi connectivity index (χ1v) is 9.32. The maximum Gasteiger partial charge on any atom is 0.184 e. The maximum absolute atomic E-state index is 5.93. The second kappa shape index (κ2) is 7.41. The highest BCUT2D eigenvalue weighted by Crippen LogP contribution is 2.41. The van der Waals surface area contributed by atoms with E-state index in [0.717, 1.165) is 51.3 Å². The van der Waals surface area contributed by atoms with E-state index in [1.54, 1.807) is 6.92 Å². The van der Waals surface area contributed by atoms with E-state index in [9.17, 15) is 0 Å². The van der Waals surface area contributed by atoms with Crippen molar-refractivity contribution in [2.24, 2.45) is 5.16 Å². The van der Waals surface area contributed by atoms with Crippen molar-refractivity contribution in [3.63, 3.8) is 0 Å². The highest BCUT2D eigenvalue weighted by molar-refractivity contribution is 6.29. The Bertz CT molecular complexity index is 1090. The molecule has 0 fully saturated rings. The number of nitrogens with one attached hydrogen (secondary N) is 1. The highest BCUT2D eigenvalue weighted by atomic mass is 16.6. The van der Waals surface area contributed by atoms with E-state index in [4.69, 9.17) is 16.0 Å². The normalized spacial score (nSPS) is 14.8. The first-order valence-electron chi connectivity index (χ1n) is 9.32. The summed E-state index contributed by atoms with van der Waals surface area (Å²) in [6.45, 7) is 3.30. The summed E-state index contributed by atoms with van der Waals surface area (Å²) in [5, 5.41) is 5.48. The molecule has 0 saturated heterocycles. The monoisotopic (exact) mass is 373 g/mol. The molecule has 0 saturated carbocycles. The van der Waals surface area contributed by atoms with Crippen molar-refractivity contribution in [3.8, 4) is 29.4 Å². The Morgan fingerprint density at radius 2 is 1.96 bits per heavy atom. The molecule has 0 bridgehead atoms. The maximum atomic E-state index is 5.93. The quantitative estimate of drug-likeness (QED) is 0.412. The lowest BCUT2D eigenvalue weighted by atomic mass is 10.1. The molecule has 2 aromatic carbocycles. The van der Waals surface area contributed by atoms with E-state index in [2.05, 4.69) is 39.2 Å². The van der Waals surface area contributed by atoms with Crippen LogP contribution in [0.5, 0.6) is 5.75 Å². The second-order valence-corrected chi connectivity index (χ2v) is 7.13. The lowest BCUT2D eigenvalue weighted by Gasteiger charge is -2.11. The summed E-state index contributed by atoms with van der Waals surface area (Å²) in [7, 11) is 4.06. The Labute approximate surface area is 164 Å². The Hall–Kier alpha value is -3.23. The lowest BCUT2D eigenvalue weighted by molar-refractivity contribution is 0.113. The van der Waals surface area contributed by atoms with Crippen LogP contribution in [-0.2, 0) is 4.84 Å². The molecule has 1 N–H and O–H groups in total. The molecule has 1 aliphatic rings. The topological polar surface area (TPSA) is 49.9 Å².